The second kappa shape index (κ2) is 4.93. The molecule has 1 rings (SSSR count). The number of hydrogen-bond donors (Lipinski definition) is 2. The number of nitrogens with zero attached hydrogens (tertiary/aromatic N) is 1. The number of rotatable bonds is 5. The molecule has 5 nitrogen and oxygen atoms in total. The molecule has 0 aliphatic heterocycles. The molecule has 2 N–H and O–H groups in total. The van der Waals surface area contributed by atoms with Gasteiger partial charge >= 0.3 is 0 Å². The van der Waals surface area contributed by atoms with Crippen molar-refractivity contribution in [3.8, 4) is 0 Å². The molecule has 84 valence electrons. The molecule has 1 aromatic rings. The van der Waals surface area contributed by atoms with Gasteiger partial charge in [0.05, 0.1) is 11.9 Å². The van der Waals surface area contributed by atoms with E-state index in [1.54, 1.807) is 0 Å². The van der Waals surface area contributed by atoms with Crippen molar-refractivity contribution in [2.24, 2.45) is 0 Å². The van der Waals surface area contributed by atoms with Gasteiger partial charge in [0.2, 0.25) is 0 Å². The zero-order valence-corrected chi connectivity index (χ0v) is 9.33. The Balaban J connectivity index is 2.53. The van der Waals surface area contributed by atoms with Crippen molar-refractivity contribution in [1.82, 2.24) is 9.97 Å². The van der Waals surface area contributed by atoms with Crippen LogP contribution in [-0.4, -0.2) is 28.7 Å². The van der Waals surface area contributed by atoms with Crippen molar-refractivity contribution in [3.63, 3.8) is 0 Å². The lowest BCUT2D eigenvalue weighted by atomic mass is 10.1. The molecule has 0 aromatic carbocycles. The summed E-state index contributed by atoms with van der Waals surface area (Å²) in [5.74, 6) is 0.562. The Bertz CT molecular complexity index is 360. The van der Waals surface area contributed by atoms with Crippen LogP contribution in [-0.2, 0) is 4.74 Å². The van der Waals surface area contributed by atoms with Crippen molar-refractivity contribution in [1.29, 1.82) is 0 Å². The molecule has 0 aliphatic carbocycles. The molecule has 15 heavy (non-hydrogen) atoms. The first-order chi connectivity index (χ1) is 7.03. The third-order valence-electron chi connectivity index (χ3n) is 1.91. The monoisotopic (exact) mass is 211 g/mol. The number of H-pyrrole nitrogens is 1. The molecule has 0 atom stereocenters. The van der Waals surface area contributed by atoms with Gasteiger partial charge in [0.1, 0.15) is 5.82 Å². The topological polar surface area (TPSA) is 67.0 Å². The molecule has 0 spiro atoms. The second-order valence-electron chi connectivity index (χ2n) is 3.84. The van der Waals surface area contributed by atoms with Crippen LogP contribution in [0.3, 0.4) is 0 Å². The fourth-order valence-corrected chi connectivity index (χ4v) is 1.21. The fraction of sp³-hybridized carbons (Fsp3) is 0.600. The average Bonchev–Trinajstić information content (AvgIpc) is 2.15. The maximum absolute atomic E-state index is 11.0. The summed E-state index contributed by atoms with van der Waals surface area (Å²) >= 11 is 0. The van der Waals surface area contributed by atoms with Crippen molar-refractivity contribution in [2.75, 3.05) is 18.5 Å². The molecule has 0 amide bonds. The van der Waals surface area contributed by atoms with Crippen LogP contribution >= 0.6 is 0 Å². The maximum atomic E-state index is 11.0. The minimum Gasteiger partial charge on any atom is -0.374 e. The number of nitrogens with one attached hydrogen (secondary N) is 2. The summed E-state index contributed by atoms with van der Waals surface area (Å²) in [6.45, 7) is 7.19. The molecule has 0 saturated heterocycles. The third-order valence-corrected chi connectivity index (χ3v) is 1.91. The van der Waals surface area contributed by atoms with E-state index >= 15 is 0 Å². The first-order valence-electron chi connectivity index (χ1n) is 4.96. The van der Waals surface area contributed by atoms with Gasteiger partial charge in [-0.3, -0.25) is 4.79 Å². The van der Waals surface area contributed by atoms with E-state index in [0.717, 1.165) is 0 Å². The Kier molecular flexibility index (Phi) is 3.85. The SMILES string of the molecule is CCOC(C)(C)CNc1cc(=O)[nH]cn1. The summed E-state index contributed by atoms with van der Waals surface area (Å²) in [5.41, 5.74) is -0.430. The zero-order chi connectivity index (χ0) is 11.3. The van der Waals surface area contributed by atoms with E-state index in [9.17, 15) is 4.79 Å². The molecule has 0 radical (unpaired) electrons. The lowest BCUT2D eigenvalue weighted by Crippen LogP contribution is -2.33. The molecular weight excluding hydrogens is 194 g/mol. The van der Waals surface area contributed by atoms with Crippen LogP contribution in [0.2, 0.25) is 0 Å². The van der Waals surface area contributed by atoms with E-state index < -0.39 is 0 Å². The van der Waals surface area contributed by atoms with Gasteiger partial charge in [0.25, 0.3) is 5.56 Å². The minimum absolute atomic E-state index is 0.165. The number of ether oxygens (including phenoxy) is 1. The predicted molar refractivity (Wildman–Crippen MR) is 59.1 cm³/mol. The van der Waals surface area contributed by atoms with Gasteiger partial charge in [-0.25, -0.2) is 4.98 Å². The van der Waals surface area contributed by atoms with Crippen LogP contribution in [0.5, 0.6) is 0 Å². The standard InChI is InChI=1S/C10H17N3O2/c1-4-15-10(2,3)6-11-8-5-9(14)13-7-12-8/h5,7H,4,6H2,1-3H3,(H2,11,12,13,14). The van der Waals surface area contributed by atoms with Crippen LogP contribution < -0.4 is 10.9 Å². The lowest BCUT2D eigenvalue weighted by Gasteiger charge is -2.24. The van der Waals surface area contributed by atoms with E-state index in [0.29, 0.717) is 19.0 Å². The van der Waals surface area contributed by atoms with Crippen LogP contribution in [0, 0.1) is 0 Å². The Labute approximate surface area is 88.9 Å². The average molecular weight is 211 g/mol. The number of hydrogen-bond acceptors (Lipinski definition) is 4. The molecule has 0 bridgehead atoms. The number of aromatic amines is 1. The highest BCUT2D eigenvalue weighted by atomic mass is 16.5. The summed E-state index contributed by atoms with van der Waals surface area (Å²) in [6.07, 6.45) is 1.37. The molecule has 5 heteroatoms. The minimum atomic E-state index is -0.265. The predicted octanol–water partition coefficient (Wildman–Crippen LogP) is 0.997. The van der Waals surface area contributed by atoms with Gasteiger partial charge in [-0.1, -0.05) is 0 Å². The molecule has 1 aromatic heterocycles. The molecule has 1 heterocycles. The van der Waals surface area contributed by atoms with Crippen molar-refractivity contribution in [2.45, 2.75) is 26.4 Å². The highest BCUT2D eigenvalue weighted by Gasteiger charge is 2.17. The van der Waals surface area contributed by atoms with Crippen LogP contribution in [0.4, 0.5) is 5.82 Å². The Hall–Kier alpha value is -1.36. The fourth-order valence-electron chi connectivity index (χ4n) is 1.21. The van der Waals surface area contributed by atoms with Gasteiger partial charge in [-0.15, -0.1) is 0 Å². The van der Waals surface area contributed by atoms with E-state index in [1.165, 1.54) is 12.4 Å². The highest BCUT2D eigenvalue weighted by Crippen LogP contribution is 2.09. The van der Waals surface area contributed by atoms with Crippen LogP contribution in [0.1, 0.15) is 20.8 Å². The Morgan fingerprint density at radius 1 is 1.60 bits per heavy atom. The van der Waals surface area contributed by atoms with E-state index in [4.69, 9.17) is 4.74 Å². The number of anilines is 1. The summed E-state index contributed by atoms with van der Waals surface area (Å²) in [6, 6.07) is 1.42. The van der Waals surface area contributed by atoms with E-state index in [1.807, 2.05) is 20.8 Å². The lowest BCUT2D eigenvalue weighted by molar-refractivity contribution is 0.000639. The summed E-state index contributed by atoms with van der Waals surface area (Å²) in [5, 5.41) is 3.05. The van der Waals surface area contributed by atoms with E-state index in [2.05, 4.69) is 15.3 Å². The molecule has 0 fully saturated rings. The Morgan fingerprint density at radius 2 is 2.33 bits per heavy atom. The van der Waals surface area contributed by atoms with Gasteiger partial charge in [0.15, 0.2) is 0 Å². The third kappa shape index (κ3) is 4.12. The highest BCUT2D eigenvalue weighted by molar-refractivity contribution is 5.31. The zero-order valence-electron chi connectivity index (χ0n) is 9.33. The first kappa shape index (κ1) is 11.7. The normalized spacial score (nSPS) is 11.4. The maximum Gasteiger partial charge on any atom is 0.252 e. The van der Waals surface area contributed by atoms with Crippen molar-refractivity contribution < 1.29 is 4.74 Å². The summed E-state index contributed by atoms with van der Waals surface area (Å²) < 4.78 is 5.51. The molecule has 0 unspecified atom stereocenters. The quantitative estimate of drug-likeness (QED) is 0.762. The Morgan fingerprint density at radius 3 is 2.93 bits per heavy atom. The first-order valence-corrected chi connectivity index (χ1v) is 4.96. The molecule has 0 saturated carbocycles. The molecular formula is C10H17N3O2. The van der Waals surface area contributed by atoms with Crippen LogP contribution in [0.15, 0.2) is 17.2 Å². The summed E-state index contributed by atoms with van der Waals surface area (Å²) in [7, 11) is 0. The van der Waals surface area contributed by atoms with Crippen LogP contribution in [0.25, 0.3) is 0 Å². The van der Waals surface area contributed by atoms with Crippen molar-refractivity contribution >= 4 is 5.82 Å². The van der Waals surface area contributed by atoms with Gasteiger partial charge in [0, 0.05) is 19.2 Å². The second-order valence-corrected chi connectivity index (χ2v) is 3.84. The molecule has 0 aliphatic rings. The smallest absolute Gasteiger partial charge is 0.252 e. The van der Waals surface area contributed by atoms with Crippen molar-refractivity contribution in [3.05, 3.63) is 22.7 Å². The summed E-state index contributed by atoms with van der Waals surface area (Å²) in [4.78, 5) is 17.4. The van der Waals surface area contributed by atoms with Gasteiger partial charge in [-0.05, 0) is 20.8 Å². The van der Waals surface area contributed by atoms with Gasteiger partial charge < -0.3 is 15.0 Å². The number of aromatic nitrogens is 2. The van der Waals surface area contributed by atoms with E-state index in [-0.39, 0.29) is 11.2 Å². The van der Waals surface area contributed by atoms with Gasteiger partial charge in [-0.2, -0.15) is 0 Å². The largest absolute Gasteiger partial charge is 0.374 e.